The van der Waals surface area contributed by atoms with Crippen LogP contribution in [0.2, 0.25) is 5.02 Å². The van der Waals surface area contributed by atoms with Crippen LogP contribution in [0.15, 0.2) is 58.3 Å². The molecule has 6 atom stereocenters. The fourth-order valence-corrected chi connectivity index (χ4v) is 6.89. The number of carbonyl (C=O) groups excluding carboxylic acids is 1. The molecule has 0 spiro atoms. The molecule has 1 aromatic heterocycles. The van der Waals surface area contributed by atoms with Gasteiger partial charge in [0.25, 0.3) is 12.0 Å². The van der Waals surface area contributed by atoms with Crippen LogP contribution in [0.4, 0.5) is 13.2 Å². The average Bonchev–Trinajstić information content (AvgIpc) is 3.20. The Morgan fingerprint density at radius 1 is 1.23 bits per heavy atom. The number of nitrogens with zero attached hydrogens (tertiary/aromatic N) is 1. The van der Waals surface area contributed by atoms with Crippen molar-refractivity contribution in [3.05, 3.63) is 74.5 Å². The topological polar surface area (TPSA) is 141 Å². The van der Waals surface area contributed by atoms with Crippen molar-refractivity contribution in [2.75, 3.05) is 6.61 Å². The third-order valence-corrected chi connectivity index (χ3v) is 9.19. The molecular weight excluding hydrogens is 638 g/mol. The molecule has 0 amide bonds. The summed E-state index contributed by atoms with van der Waals surface area (Å²) in [4.78, 5) is 38.4. The molecular formula is C26H28ClF3N3O8PS. The maximum absolute atomic E-state index is 15.6. The van der Waals surface area contributed by atoms with E-state index in [4.69, 9.17) is 41.9 Å². The smallest absolute Gasteiger partial charge is 0.330 e. The molecule has 234 valence electrons. The Hall–Kier alpha value is -2.78. The lowest BCUT2D eigenvalue weighted by Gasteiger charge is -2.33. The van der Waals surface area contributed by atoms with Crippen LogP contribution in [0.5, 0.6) is 5.75 Å². The van der Waals surface area contributed by atoms with E-state index >= 15 is 4.39 Å². The maximum atomic E-state index is 15.6. The summed E-state index contributed by atoms with van der Waals surface area (Å²) in [5, 5.41) is 14.0. The monoisotopic (exact) mass is 665 g/mol. The van der Waals surface area contributed by atoms with Crippen molar-refractivity contribution in [2.24, 2.45) is 0 Å². The Morgan fingerprint density at radius 2 is 1.91 bits per heavy atom. The van der Waals surface area contributed by atoms with Crippen LogP contribution in [-0.2, 0) is 30.6 Å². The van der Waals surface area contributed by atoms with Gasteiger partial charge in [-0.1, -0.05) is 48.0 Å². The maximum Gasteiger partial charge on any atom is 0.330 e. The van der Waals surface area contributed by atoms with E-state index in [0.717, 1.165) is 11.6 Å². The normalized spacial score (nSPS) is 24.3. The summed E-state index contributed by atoms with van der Waals surface area (Å²) in [6, 6.07) is 10.9. The first kappa shape index (κ1) is 33.1. The Kier molecular flexibility index (Phi) is 10.1. The number of rotatable bonds is 11. The zero-order valence-electron chi connectivity index (χ0n) is 22.9. The number of hydrogen-bond acceptors (Lipinski definition) is 9. The first-order valence-corrected chi connectivity index (χ1v) is 15.9. The van der Waals surface area contributed by atoms with Gasteiger partial charge in [-0.2, -0.15) is 0 Å². The summed E-state index contributed by atoms with van der Waals surface area (Å²) in [6.45, 7) is -0.663. The quantitative estimate of drug-likeness (QED) is 0.205. The molecule has 1 aliphatic heterocycles. The average molecular weight is 666 g/mol. The van der Waals surface area contributed by atoms with E-state index in [9.17, 15) is 28.3 Å². The first-order valence-electron chi connectivity index (χ1n) is 12.9. The molecule has 0 saturated carbocycles. The number of aliphatic hydroxyl groups excluding tert-OH is 1. The molecule has 3 N–H and O–H groups in total. The van der Waals surface area contributed by atoms with E-state index in [1.54, 1.807) is 56.3 Å². The molecule has 1 unspecified atom stereocenters. The molecule has 0 aliphatic carbocycles. The SMILES string of the molecule is CC(C)OC(=O)[C@H](C)NP(=S)(OC[C@@]1(C(F)F)O[C@@H](n2cc(Cl)c(=O)[nH]c2=O)[C@H](O)[C@H]1F)Oc1cccc2ccccc12. The number of hydrogen-bond donors (Lipinski definition) is 3. The van der Waals surface area contributed by atoms with Crippen LogP contribution in [0, 0.1) is 0 Å². The number of alkyl halides is 3. The van der Waals surface area contributed by atoms with E-state index < -0.39 is 78.2 Å². The van der Waals surface area contributed by atoms with Gasteiger partial charge < -0.3 is 23.6 Å². The number of halogens is 4. The Bertz CT molecular complexity index is 1650. The van der Waals surface area contributed by atoms with Gasteiger partial charge in [-0.15, -0.1) is 0 Å². The number of aromatic amines is 1. The van der Waals surface area contributed by atoms with Gasteiger partial charge in [0.05, 0.1) is 12.7 Å². The molecule has 2 heterocycles. The summed E-state index contributed by atoms with van der Waals surface area (Å²) in [6.07, 6.45) is -10.6. The first-order chi connectivity index (χ1) is 20.2. The highest BCUT2D eigenvalue weighted by Crippen LogP contribution is 2.51. The second-order valence-electron chi connectivity index (χ2n) is 9.98. The predicted molar refractivity (Wildman–Crippen MR) is 155 cm³/mol. The number of ether oxygens (including phenoxy) is 2. The number of H-pyrrole nitrogens is 1. The van der Waals surface area contributed by atoms with Crippen molar-refractivity contribution in [1.29, 1.82) is 0 Å². The van der Waals surface area contributed by atoms with Gasteiger partial charge in [0.2, 0.25) is 0 Å². The van der Waals surface area contributed by atoms with Crippen molar-refractivity contribution >= 4 is 46.8 Å². The van der Waals surface area contributed by atoms with Gasteiger partial charge in [0, 0.05) is 11.6 Å². The number of carbonyl (C=O) groups is 1. The summed E-state index contributed by atoms with van der Waals surface area (Å²) in [5.74, 6) is -0.566. The van der Waals surface area contributed by atoms with Crippen LogP contribution in [-0.4, -0.2) is 63.7 Å². The highest BCUT2D eigenvalue weighted by atomic mass is 35.5. The van der Waals surface area contributed by atoms with E-state index in [2.05, 4.69) is 5.09 Å². The van der Waals surface area contributed by atoms with Gasteiger partial charge in [-0.3, -0.25) is 19.1 Å². The molecule has 43 heavy (non-hydrogen) atoms. The van der Waals surface area contributed by atoms with Gasteiger partial charge in [-0.05, 0) is 44.0 Å². The minimum Gasteiger partial charge on any atom is -0.462 e. The lowest BCUT2D eigenvalue weighted by Crippen LogP contribution is -2.51. The Labute approximate surface area is 253 Å². The van der Waals surface area contributed by atoms with Crippen molar-refractivity contribution in [2.45, 2.75) is 63.4 Å². The number of nitrogens with one attached hydrogen (secondary N) is 2. The third-order valence-electron chi connectivity index (χ3n) is 6.45. The van der Waals surface area contributed by atoms with Gasteiger partial charge >= 0.3 is 18.3 Å². The van der Waals surface area contributed by atoms with Crippen LogP contribution in [0.3, 0.4) is 0 Å². The summed E-state index contributed by atoms with van der Waals surface area (Å²) in [7, 11) is 0. The second kappa shape index (κ2) is 13.1. The molecule has 1 aliphatic rings. The van der Waals surface area contributed by atoms with E-state index in [1.807, 2.05) is 4.98 Å². The van der Waals surface area contributed by atoms with E-state index in [-0.39, 0.29) is 5.75 Å². The number of aromatic nitrogens is 2. The minimum absolute atomic E-state index is 0.181. The summed E-state index contributed by atoms with van der Waals surface area (Å²) < 4.78 is 67.5. The van der Waals surface area contributed by atoms with Crippen LogP contribution in [0.25, 0.3) is 10.8 Å². The molecule has 1 fully saturated rings. The molecule has 0 radical (unpaired) electrons. The molecule has 2 aromatic carbocycles. The fourth-order valence-electron chi connectivity index (χ4n) is 4.32. The lowest BCUT2D eigenvalue weighted by atomic mass is 9.98. The third kappa shape index (κ3) is 6.98. The minimum atomic E-state index is -4.01. The number of aliphatic hydroxyl groups is 1. The highest BCUT2D eigenvalue weighted by Gasteiger charge is 2.62. The van der Waals surface area contributed by atoms with Crippen molar-refractivity contribution < 1.29 is 41.6 Å². The Balaban J connectivity index is 1.69. The highest BCUT2D eigenvalue weighted by molar-refractivity contribution is 8.09. The van der Waals surface area contributed by atoms with Gasteiger partial charge in [0.1, 0.15) is 22.9 Å². The van der Waals surface area contributed by atoms with Crippen LogP contribution >= 0.6 is 18.2 Å². The number of esters is 1. The molecule has 17 heteroatoms. The summed E-state index contributed by atoms with van der Waals surface area (Å²) in [5.41, 5.74) is -5.35. The lowest BCUT2D eigenvalue weighted by molar-refractivity contribution is -0.182. The van der Waals surface area contributed by atoms with E-state index in [1.165, 1.54) is 6.92 Å². The summed E-state index contributed by atoms with van der Waals surface area (Å²) >= 11 is 11.4. The zero-order valence-corrected chi connectivity index (χ0v) is 25.4. The van der Waals surface area contributed by atoms with Crippen molar-refractivity contribution in [3.8, 4) is 5.75 Å². The molecule has 11 nitrogen and oxygen atoms in total. The van der Waals surface area contributed by atoms with Gasteiger partial charge in [-0.25, -0.2) is 23.1 Å². The Morgan fingerprint density at radius 3 is 2.58 bits per heavy atom. The standard InChI is InChI=1S/C26H28ClF3N3O8PS/c1-13(2)39-23(36)14(3)32-42(43,41-18-10-6-8-15-7-4-5-9-16(15)18)38-12-26(24(29)30)20(28)19(34)22(40-26)33-11-17(27)21(35)31-25(33)37/h4-11,13-14,19-20,22,24,34H,12H2,1-3H3,(H,32,43)(H,31,35,37)/t14-,19+,20+,22+,26+,42?/m0/s1. The largest absolute Gasteiger partial charge is 0.462 e. The molecule has 1 saturated heterocycles. The van der Waals surface area contributed by atoms with Gasteiger partial charge in [0.15, 0.2) is 18.0 Å². The predicted octanol–water partition coefficient (Wildman–Crippen LogP) is 3.82. The van der Waals surface area contributed by atoms with Crippen molar-refractivity contribution in [1.82, 2.24) is 14.6 Å². The molecule has 0 bridgehead atoms. The van der Waals surface area contributed by atoms with Crippen LogP contribution in [0.1, 0.15) is 27.0 Å². The fraction of sp³-hybridized carbons (Fsp3) is 0.423. The van der Waals surface area contributed by atoms with E-state index in [0.29, 0.717) is 9.95 Å². The number of fused-ring (bicyclic) bond motifs is 1. The van der Waals surface area contributed by atoms with Crippen LogP contribution < -0.4 is 20.9 Å². The zero-order chi connectivity index (χ0) is 31.7. The van der Waals surface area contributed by atoms with Crippen molar-refractivity contribution in [3.63, 3.8) is 0 Å². The number of benzene rings is 2. The molecule has 3 aromatic rings. The second-order valence-corrected chi connectivity index (χ2v) is 13.5. The molecule has 4 rings (SSSR count).